The first kappa shape index (κ1) is 56.9. The van der Waals surface area contributed by atoms with E-state index in [0.29, 0.717) is 0 Å². The van der Waals surface area contributed by atoms with Crippen LogP contribution in [-0.2, 0) is 4.74 Å². The van der Waals surface area contributed by atoms with E-state index in [1.54, 1.807) is 0 Å². The summed E-state index contributed by atoms with van der Waals surface area (Å²) >= 11 is 0. The maximum Gasteiger partial charge on any atom is 0.0495 e. The average Bonchev–Trinajstić information content (AvgIpc) is 3.95. The Morgan fingerprint density at radius 2 is 0.627 bits per heavy atom. The predicted octanol–water partition coefficient (Wildman–Crippen LogP) is 16.9. The molecule has 59 heavy (non-hydrogen) atoms. The molecule has 3 heteroatoms. The van der Waals surface area contributed by atoms with Crippen molar-refractivity contribution in [3.05, 3.63) is 0 Å². The third-order valence-corrected chi connectivity index (χ3v) is 14.1. The molecule has 3 saturated carbocycles. The summed E-state index contributed by atoms with van der Waals surface area (Å²) in [6.45, 7) is 35.2. The molecule has 0 aromatic heterocycles. The lowest BCUT2D eigenvalue weighted by Gasteiger charge is -2.29. The Balaban J connectivity index is 0.000000354. The molecule has 6 rings (SSSR count). The highest BCUT2D eigenvalue weighted by Gasteiger charge is 2.21. The summed E-state index contributed by atoms with van der Waals surface area (Å²) in [4.78, 5) is 4.88. The molecule has 0 bridgehead atoms. The summed E-state index contributed by atoms with van der Waals surface area (Å²) in [6.07, 6.45) is 35.2. The van der Waals surface area contributed by atoms with Gasteiger partial charge in [-0.15, -0.1) is 0 Å². The SMILES string of the molecule is CC(C)CC1CCCC1.CC(C)CC1CCCCC1.CC(C)CC1CCCCC1.CC(C)CC1CCN(C)C1.CC(C)CC1CCN(C)CC1.CC(C)CC1CCOC1. The Kier molecular flexibility index (Phi) is 34.0. The number of piperidine rings is 1. The van der Waals surface area contributed by atoms with E-state index in [9.17, 15) is 0 Å². The number of nitrogens with zero attached hydrogens (tertiary/aromatic N) is 2. The molecule has 0 radical (unpaired) electrons. The van der Waals surface area contributed by atoms with Crippen LogP contribution in [0.4, 0.5) is 0 Å². The van der Waals surface area contributed by atoms with Crippen LogP contribution >= 0.6 is 0 Å². The minimum Gasteiger partial charge on any atom is -0.381 e. The molecule has 6 aliphatic rings. The molecule has 3 aliphatic carbocycles. The minimum absolute atomic E-state index is 0.844. The molecule has 0 aromatic carbocycles. The van der Waals surface area contributed by atoms with E-state index in [4.69, 9.17) is 4.74 Å². The quantitative estimate of drug-likeness (QED) is 0.195. The topological polar surface area (TPSA) is 15.7 Å². The predicted molar refractivity (Wildman–Crippen MR) is 267 cm³/mol. The first-order valence-electron chi connectivity index (χ1n) is 27.0. The zero-order valence-electron chi connectivity index (χ0n) is 43.4. The van der Waals surface area contributed by atoms with E-state index in [1.165, 1.54) is 180 Å². The van der Waals surface area contributed by atoms with Gasteiger partial charge in [0.25, 0.3) is 0 Å². The van der Waals surface area contributed by atoms with Crippen LogP contribution in [0.1, 0.15) is 237 Å². The molecule has 3 saturated heterocycles. The van der Waals surface area contributed by atoms with Crippen molar-refractivity contribution in [3.8, 4) is 0 Å². The Hall–Kier alpha value is -0.120. The highest BCUT2D eigenvalue weighted by atomic mass is 16.5. The molecule has 2 unspecified atom stereocenters. The fraction of sp³-hybridized carbons (Fsp3) is 1.00. The Labute approximate surface area is 374 Å². The van der Waals surface area contributed by atoms with Crippen LogP contribution in [0.25, 0.3) is 0 Å². The van der Waals surface area contributed by atoms with Gasteiger partial charge < -0.3 is 14.5 Å². The van der Waals surface area contributed by atoms with Gasteiger partial charge in [0.15, 0.2) is 0 Å². The van der Waals surface area contributed by atoms with Gasteiger partial charge in [-0.1, -0.05) is 173 Å². The zero-order chi connectivity index (χ0) is 44.0. The van der Waals surface area contributed by atoms with E-state index in [-0.39, 0.29) is 0 Å². The van der Waals surface area contributed by atoms with Crippen LogP contribution in [0.15, 0.2) is 0 Å². The first-order valence-corrected chi connectivity index (χ1v) is 27.0. The van der Waals surface area contributed by atoms with Crippen LogP contribution in [-0.4, -0.2) is 63.3 Å². The third-order valence-electron chi connectivity index (χ3n) is 14.1. The fourth-order valence-electron chi connectivity index (χ4n) is 11.4. The van der Waals surface area contributed by atoms with Crippen molar-refractivity contribution in [3.63, 3.8) is 0 Å². The number of likely N-dealkylation sites (tertiary alicyclic amines) is 2. The molecule has 3 heterocycles. The lowest BCUT2D eigenvalue weighted by Crippen LogP contribution is -2.30. The molecule has 3 aliphatic heterocycles. The second kappa shape index (κ2) is 35.3. The van der Waals surface area contributed by atoms with Crippen molar-refractivity contribution in [2.45, 2.75) is 237 Å². The van der Waals surface area contributed by atoms with E-state index >= 15 is 0 Å². The Bertz CT molecular complexity index is 819. The monoisotopic (exact) mass is 831 g/mol. The molecule has 0 spiro atoms. The minimum atomic E-state index is 0.844. The molecule has 0 N–H and O–H groups in total. The summed E-state index contributed by atoms with van der Waals surface area (Å²) in [6, 6.07) is 0. The van der Waals surface area contributed by atoms with Crippen molar-refractivity contribution >= 4 is 0 Å². The van der Waals surface area contributed by atoms with Crippen molar-refractivity contribution in [2.24, 2.45) is 71.0 Å². The van der Waals surface area contributed by atoms with Gasteiger partial charge in [-0.3, -0.25) is 0 Å². The second-order valence-corrected chi connectivity index (χ2v) is 23.8. The van der Waals surface area contributed by atoms with E-state index < -0.39 is 0 Å². The maximum atomic E-state index is 5.26. The van der Waals surface area contributed by atoms with E-state index in [1.807, 2.05) is 0 Å². The second-order valence-electron chi connectivity index (χ2n) is 23.8. The third kappa shape index (κ3) is 34.0. The molecule has 354 valence electrons. The van der Waals surface area contributed by atoms with Gasteiger partial charge in [0.05, 0.1) is 0 Å². The lowest BCUT2D eigenvalue weighted by molar-refractivity contribution is 0.181. The highest BCUT2D eigenvalue weighted by molar-refractivity contribution is 4.74. The van der Waals surface area contributed by atoms with E-state index in [0.717, 1.165) is 84.2 Å². The van der Waals surface area contributed by atoms with Gasteiger partial charge in [0.2, 0.25) is 0 Å². The van der Waals surface area contributed by atoms with Crippen LogP contribution in [0.2, 0.25) is 0 Å². The number of ether oxygens (including phenoxy) is 1. The van der Waals surface area contributed by atoms with Crippen molar-refractivity contribution in [2.75, 3.05) is 53.5 Å². The van der Waals surface area contributed by atoms with Gasteiger partial charge in [0, 0.05) is 19.8 Å². The smallest absolute Gasteiger partial charge is 0.0495 e. The summed E-state index contributed by atoms with van der Waals surface area (Å²) in [5.41, 5.74) is 0. The highest BCUT2D eigenvalue weighted by Crippen LogP contribution is 2.31. The molecule has 6 fully saturated rings. The first-order chi connectivity index (χ1) is 28.0. The molecule has 2 atom stereocenters. The Morgan fingerprint density at radius 1 is 0.339 bits per heavy atom. The van der Waals surface area contributed by atoms with Crippen LogP contribution < -0.4 is 0 Å². The van der Waals surface area contributed by atoms with Crippen molar-refractivity contribution in [1.82, 2.24) is 9.80 Å². The molecular weight excluding hydrogens is 717 g/mol. The molecule has 0 amide bonds. The number of hydrogen-bond donors (Lipinski definition) is 0. The number of hydrogen-bond acceptors (Lipinski definition) is 3. The van der Waals surface area contributed by atoms with Gasteiger partial charge in [-0.05, 0) is 169 Å². The summed E-state index contributed by atoms with van der Waals surface area (Å²) in [5.74, 6) is 11.5. The van der Waals surface area contributed by atoms with E-state index in [2.05, 4.69) is 107 Å². The maximum absolute atomic E-state index is 5.26. The average molecular weight is 832 g/mol. The zero-order valence-corrected chi connectivity index (χ0v) is 43.4. The largest absolute Gasteiger partial charge is 0.381 e. The van der Waals surface area contributed by atoms with Gasteiger partial charge >= 0.3 is 0 Å². The summed E-state index contributed by atoms with van der Waals surface area (Å²) < 4.78 is 5.26. The van der Waals surface area contributed by atoms with Crippen molar-refractivity contribution in [1.29, 1.82) is 0 Å². The fourth-order valence-corrected chi connectivity index (χ4v) is 11.4. The molecular formula is C56H114N2O. The van der Waals surface area contributed by atoms with Crippen LogP contribution in [0.5, 0.6) is 0 Å². The normalized spacial score (nSPS) is 24.0. The van der Waals surface area contributed by atoms with Gasteiger partial charge in [-0.2, -0.15) is 0 Å². The van der Waals surface area contributed by atoms with Crippen LogP contribution in [0, 0.1) is 71.0 Å². The van der Waals surface area contributed by atoms with Crippen molar-refractivity contribution < 1.29 is 4.74 Å². The standard InChI is InChI=1S/C10H21N.2C10H20.C9H19N.C9H18.C8H16O/c1-9(2)8-10-4-6-11(3)7-5-10;2*1-9(2)8-10-6-4-3-5-7-10;1-8(2)6-9-4-5-10(3)7-9;1-8(2)7-9-5-3-4-6-9;1-7(2)5-8-3-4-9-6-8/h9-10H,4-8H2,1-3H3;2*9-10H,3-8H2,1-2H3;8-9H,4-7H2,1-3H3;8-9H,3-7H2,1-2H3;7-8H,3-6H2,1-2H3. The van der Waals surface area contributed by atoms with Crippen LogP contribution in [0.3, 0.4) is 0 Å². The summed E-state index contributed by atoms with van der Waals surface area (Å²) in [7, 11) is 4.45. The Morgan fingerprint density at radius 3 is 0.932 bits per heavy atom. The van der Waals surface area contributed by atoms with Gasteiger partial charge in [-0.25, -0.2) is 0 Å². The lowest BCUT2D eigenvalue weighted by atomic mass is 9.84. The molecule has 3 nitrogen and oxygen atoms in total. The number of rotatable bonds is 12. The summed E-state index contributed by atoms with van der Waals surface area (Å²) in [5, 5.41) is 0. The molecule has 0 aromatic rings. The van der Waals surface area contributed by atoms with Gasteiger partial charge in [0.1, 0.15) is 0 Å².